The minimum absolute atomic E-state index is 0.0990. The number of carbonyl (C=O) groups excluding carboxylic acids is 1. The highest BCUT2D eigenvalue weighted by atomic mass is 16.2. The molecule has 0 aliphatic carbocycles. The first-order valence-electron chi connectivity index (χ1n) is 7.46. The van der Waals surface area contributed by atoms with Gasteiger partial charge in [0.1, 0.15) is 0 Å². The van der Waals surface area contributed by atoms with Crippen molar-refractivity contribution in [2.75, 3.05) is 7.05 Å². The molecule has 2 amide bonds. The number of benzene rings is 1. The average molecular weight is 297 g/mol. The molecule has 0 aliphatic heterocycles. The van der Waals surface area contributed by atoms with E-state index in [0.717, 1.165) is 11.3 Å². The minimum atomic E-state index is -0.115. The zero-order valence-electron chi connectivity index (χ0n) is 13.6. The molecule has 4 nitrogen and oxygen atoms in total. The van der Waals surface area contributed by atoms with E-state index in [1.807, 2.05) is 25.1 Å². The number of urea groups is 1. The van der Waals surface area contributed by atoms with E-state index in [1.165, 1.54) is 11.1 Å². The third kappa shape index (κ3) is 4.07. The molecular formula is C18H23N3O. The normalized spacial score (nSPS) is 11.8. The minimum Gasteiger partial charge on any atom is -0.330 e. The van der Waals surface area contributed by atoms with Gasteiger partial charge in [0.2, 0.25) is 0 Å². The lowest BCUT2D eigenvalue weighted by atomic mass is 10.1. The molecule has 1 unspecified atom stereocenters. The average Bonchev–Trinajstić information content (AvgIpc) is 2.50. The summed E-state index contributed by atoms with van der Waals surface area (Å²) in [4.78, 5) is 18.3. The van der Waals surface area contributed by atoms with Crippen LogP contribution in [0.4, 0.5) is 4.79 Å². The Morgan fingerprint density at radius 1 is 1.27 bits per heavy atom. The Balaban J connectivity index is 1.97. The Hall–Kier alpha value is -2.36. The zero-order valence-corrected chi connectivity index (χ0v) is 13.6. The van der Waals surface area contributed by atoms with Crippen LogP contribution in [0.15, 0.2) is 42.6 Å². The van der Waals surface area contributed by atoms with Gasteiger partial charge in [-0.3, -0.25) is 4.98 Å². The summed E-state index contributed by atoms with van der Waals surface area (Å²) in [5, 5.41) is 2.97. The summed E-state index contributed by atoms with van der Waals surface area (Å²) >= 11 is 0. The number of hydrogen-bond donors (Lipinski definition) is 1. The van der Waals surface area contributed by atoms with Crippen molar-refractivity contribution in [2.45, 2.75) is 33.4 Å². The SMILES string of the molecule is Cc1ccc(CN(C)C(=O)NC(C)c2ccccn2)c(C)c1. The van der Waals surface area contributed by atoms with Crippen LogP contribution in [-0.4, -0.2) is 23.0 Å². The van der Waals surface area contributed by atoms with E-state index in [-0.39, 0.29) is 12.1 Å². The van der Waals surface area contributed by atoms with Crippen molar-refractivity contribution in [3.8, 4) is 0 Å². The van der Waals surface area contributed by atoms with Crippen LogP contribution in [-0.2, 0) is 6.54 Å². The van der Waals surface area contributed by atoms with Crippen LogP contribution >= 0.6 is 0 Å². The summed E-state index contributed by atoms with van der Waals surface area (Å²) in [5.41, 5.74) is 4.46. The van der Waals surface area contributed by atoms with Crippen molar-refractivity contribution in [3.63, 3.8) is 0 Å². The van der Waals surface area contributed by atoms with E-state index in [1.54, 1.807) is 18.1 Å². The van der Waals surface area contributed by atoms with Gasteiger partial charge in [-0.15, -0.1) is 0 Å². The molecule has 1 atom stereocenters. The van der Waals surface area contributed by atoms with Gasteiger partial charge in [-0.1, -0.05) is 29.8 Å². The van der Waals surface area contributed by atoms with Gasteiger partial charge >= 0.3 is 6.03 Å². The Kier molecular flexibility index (Phi) is 5.15. The molecule has 1 heterocycles. The summed E-state index contributed by atoms with van der Waals surface area (Å²) in [5.74, 6) is 0. The fourth-order valence-corrected chi connectivity index (χ4v) is 2.35. The first-order chi connectivity index (χ1) is 10.5. The number of carbonyl (C=O) groups is 1. The van der Waals surface area contributed by atoms with Crippen LogP contribution in [0.5, 0.6) is 0 Å². The fraction of sp³-hybridized carbons (Fsp3) is 0.333. The number of hydrogen-bond acceptors (Lipinski definition) is 2. The van der Waals surface area contributed by atoms with Gasteiger partial charge in [-0.2, -0.15) is 0 Å². The lowest BCUT2D eigenvalue weighted by Crippen LogP contribution is -2.38. The summed E-state index contributed by atoms with van der Waals surface area (Å²) in [6.45, 7) is 6.67. The highest BCUT2D eigenvalue weighted by Gasteiger charge is 2.14. The van der Waals surface area contributed by atoms with Crippen molar-refractivity contribution < 1.29 is 4.79 Å². The Bertz CT molecular complexity index is 640. The molecule has 0 saturated heterocycles. The molecular weight excluding hydrogens is 274 g/mol. The van der Waals surface area contributed by atoms with E-state index in [9.17, 15) is 4.79 Å². The smallest absolute Gasteiger partial charge is 0.317 e. The molecule has 22 heavy (non-hydrogen) atoms. The maximum Gasteiger partial charge on any atom is 0.317 e. The van der Waals surface area contributed by atoms with Gasteiger partial charge < -0.3 is 10.2 Å². The first-order valence-corrected chi connectivity index (χ1v) is 7.46. The molecule has 0 bridgehead atoms. The fourth-order valence-electron chi connectivity index (χ4n) is 2.35. The van der Waals surface area contributed by atoms with Gasteiger partial charge in [0, 0.05) is 19.8 Å². The number of aromatic nitrogens is 1. The van der Waals surface area contributed by atoms with Crippen molar-refractivity contribution in [3.05, 3.63) is 65.0 Å². The second-order valence-corrected chi connectivity index (χ2v) is 5.71. The lowest BCUT2D eigenvalue weighted by Gasteiger charge is -2.22. The van der Waals surface area contributed by atoms with Crippen molar-refractivity contribution in [2.24, 2.45) is 0 Å². The van der Waals surface area contributed by atoms with Crippen LogP contribution in [0.2, 0.25) is 0 Å². The van der Waals surface area contributed by atoms with E-state index < -0.39 is 0 Å². The summed E-state index contributed by atoms with van der Waals surface area (Å²) in [6.07, 6.45) is 1.73. The molecule has 0 fully saturated rings. The van der Waals surface area contributed by atoms with Crippen LogP contribution in [0.25, 0.3) is 0 Å². The molecule has 2 rings (SSSR count). The molecule has 0 radical (unpaired) electrons. The van der Waals surface area contributed by atoms with Crippen LogP contribution in [0.1, 0.15) is 35.3 Å². The van der Waals surface area contributed by atoms with Gasteiger partial charge in [0.05, 0.1) is 11.7 Å². The standard InChI is InChI=1S/C18H23N3O/c1-13-8-9-16(14(2)11-13)12-21(4)18(22)20-15(3)17-7-5-6-10-19-17/h5-11,15H,12H2,1-4H3,(H,20,22). The molecule has 1 aromatic carbocycles. The van der Waals surface area contributed by atoms with Gasteiger partial charge in [-0.25, -0.2) is 4.79 Å². The molecule has 0 spiro atoms. The molecule has 2 aromatic rings. The third-order valence-electron chi connectivity index (χ3n) is 3.72. The van der Waals surface area contributed by atoms with Gasteiger partial charge in [0.15, 0.2) is 0 Å². The highest BCUT2D eigenvalue weighted by molar-refractivity contribution is 5.74. The van der Waals surface area contributed by atoms with Crippen molar-refractivity contribution >= 4 is 6.03 Å². The quantitative estimate of drug-likeness (QED) is 0.937. The number of rotatable bonds is 4. The van der Waals surface area contributed by atoms with Crippen LogP contribution in [0, 0.1) is 13.8 Å². The maximum atomic E-state index is 12.3. The predicted octanol–water partition coefficient (Wildman–Crippen LogP) is 3.60. The third-order valence-corrected chi connectivity index (χ3v) is 3.72. The molecule has 0 aliphatic rings. The molecule has 1 N–H and O–H groups in total. The van der Waals surface area contributed by atoms with Crippen LogP contribution < -0.4 is 5.32 Å². The molecule has 116 valence electrons. The van der Waals surface area contributed by atoms with Crippen LogP contribution in [0.3, 0.4) is 0 Å². The number of pyridine rings is 1. The second-order valence-electron chi connectivity index (χ2n) is 5.71. The largest absolute Gasteiger partial charge is 0.330 e. The first kappa shape index (κ1) is 16.0. The molecule has 1 aromatic heterocycles. The summed E-state index contributed by atoms with van der Waals surface area (Å²) in [7, 11) is 1.81. The van der Waals surface area contributed by atoms with E-state index in [2.05, 4.69) is 42.3 Å². The topological polar surface area (TPSA) is 45.2 Å². The Morgan fingerprint density at radius 2 is 2.05 bits per heavy atom. The predicted molar refractivity (Wildman–Crippen MR) is 88.6 cm³/mol. The second kappa shape index (κ2) is 7.07. The Morgan fingerprint density at radius 3 is 2.68 bits per heavy atom. The summed E-state index contributed by atoms with van der Waals surface area (Å²) < 4.78 is 0. The van der Waals surface area contributed by atoms with Gasteiger partial charge in [-0.05, 0) is 44.0 Å². The van der Waals surface area contributed by atoms with Gasteiger partial charge in [0.25, 0.3) is 0 Å². The summed E-state index contributed by atoms with van der Waals surface area (Å²) in [6, 6.07) is 11.8. The maximum absolute atomic E-state index is 12.3. The van der Waals surface area contributed by atoms with E-state index >= 15 is 0 Å². The number of nitrogens with zero attached hydrogens (tertiary/aromatic N) is 2. The zero-order chi connectivity index (χ0) is 16.1. The molecule has 0 saturated carbocycles. The number of aryl methyl sites for hydroxylation is 2. The number of nitrogens with one attached hydrogen (secondary N) is 1. The van der Waals surface area contributed by atoms with E-state index in [4.69, 9.17) is 0 Å². The Labute approximate surface area is 132 Å². The highest BCUT2D eigenvalue weighted by Crippen LogP contribution is 2.13. The lowest BCUT2D eigenvalue weighted by molar-refractivity contribution is 0.203. The monoisotopic (exact) mass is 297 g/mol. The van der Waals surface area contributed by atoms with E-state index in [0.29, 0.717) is 6.54 Å². The number of amides is 2. The van der Waals surface area contributed by atoms with Crippen molar-refractivity contribution in [1.82, 2.24) is 15.2 Å². The van der Waals surface area contributed by atoms with Crippen molar-refractivity contribution in [1.29, 1.82) is 0 Å². The molecule has 4 heteroatoms.